The second kappa shape index (κ2) is 13.6. The SMILES string of the molecule is CC(=O)CC(=O)Cc1ccc(CNC(=O)COCCCNC(=O)CC(C)C)cc1. The van der Waals surface area contributed by atoms with E-state index in [-0.39, 0.29) is 42.8 Å². The van der Waals surface area contributed by atoms with Crippen LogP contribution in [0.3, 0.4) is 0 Å². The third-order valence-corrected chi connectivity index (χ3v) is 3.97. The molecule has 7 nitrogen and oxygen atoms in total. The number of nitrogens with one attached hydrogen (secondary N) is 2. The first-order valence-corrected chi connectivity index (χ1v) is 9.96. The molecule has 2 amide bonds. The predicted molar refractivity (Wildman–Crippen MR) is 110 cm³/mol. The van der Waals surface area contributed by atoms with Gasteiger partial charge >= 0.3 is 0 Å². The Morgan fingerprint density at radius 1 is 0.966 bits per heavy atom. The molecule has 160 valence electrons. The normalized spacial score (nSPS) is 10.6. The van der Waals surface area contributed by atoms with E-state index in [1.54, 1.807) is 0 Å². The summed E-state index contributed by atoms with van der Waals surface area (Å²) in [5, 5.41) is 5.59. The maximum Gasteiger partial charge on any atom is 0.246 e. The summed E-state index contributed by atoms with van der Waals surface area (Å²) >= 11 is 0. The number of ether oxygens (including phenoxy) is 1. The van der Waals surface area contributed by atoms with E-state index in [1.807, 2.05) is 38.1 Å². The smallest absolute Gasteiger partial charge is 0.246 e. The highest BCUT2D eigenvalue weighted by molar-refractivity contribution is 5.98. The predicted octanol–water partition coefficient (Wildman–Crippen LogP) is 1.96. The van der Waals surface area contributed by atoms with Gasteiger partial charge in [0.1, 0.15) is 18.2 Å². The van der Waals surface area contributed by atoms with Crippen molar-refractivity contribution in [3.05, 3.63) is 35.4 Å². The monoisotopic (exact) mass is 404 g/mol. The van der Waals surface area contributed by atoms with Gasteiger partial charge in [-0.15, -0.1) is 0 Å². The van der Waals surface area contributed by atoms with Gasteiger partial charge < -0.3 is 15.4 Å². The highest BCUT2D eigenvalue weighted by Crippen LogP contribution is 2.07. The molecule has 0 radical (unpaired) electrons. The van der Waals surface area contributed by atoms with Crippen molar-refractivity contribution in [3.8, 4) is 0 Å². The number of rotatable bonds is 14. The summed E-state index contributed by atoms with van der Waals surface area (Å²) in [5.41, 5.74) is 1.75. The summed E-state index contributed by atoms with van der Waals surface area (Å²) in [6.07, 6.45) is 1.36. The lowest BCUT2D eigenvalue weighted by Crippen LogP contribution is -2.28. The quantitative estimate of drug-likeness (QED) is 0.365. The molecule has 0 fully saturated rings. The molecule has 0 spiro atoms. The van der Waals surface area contributed by atoms with Crippen molar-refractivity contribution in [1.82, 2.24) is 10.6 Å². The van der Waals surface area contributed by atoms with E-state index in [1.165, 1.54) is 6.92 Å². The summed E-state index contributed by atoms with van der Waals surface area (Å²) < 4.78 is 5.31. The van der Waals surface area contributed by atoms with Crippen LogP contribution in [-0.2, 0) is 36.9 Å². The van der Waals surface area contributed by atoms with Gasteiger partial charge in [0.2, 0.25) is 11.8 Å². The molecule has 0 heterocycles. The van der Waals surface area contributed by atoms with Crippen molar-refractivity contribution in [3.63, 3.8) is 0 Å². The van der Waals surface area contributed by atoms with Gasteiger partial charge in [0, 0.05) is 32.5 Å². The van der Waals surface area contributed by atoms with Crippen molar-refractivity contribution in [2.45, 2.75) is 53.0 Å². The van der Waals surface area contributed by atoms with Crippen LogP contribution in [0, 0.1) is 5.92 Å². The van der Waals surface area contributed by atoms with Gasteiger partial charge in [0.25, 0.3) is 0 Å². The molecule has 0 atom stereocenters. The third kappa shape index (κ3) is 12.5. The summed E-state index contributed by atoms with van der Waals surface area (Å²) in [4.78, 5) is 45.9. The first kappa shape index (κ1) is 24.5. The highest BCUT2D eigenvalue weighted by Gasteiger charge is 2.07. The Labute approximate surface area is 172 Å². The highest BCUT2D eigenvalue weighted by atomic mass is 16.5. The molecule has 0 aliphatic heterocycles. The molecule has 0 saturated heterocycles. The van der Waals surface area contributed by atoms with Gasteiger partial charge in [-0.25, -0.2) is 0 Å². The van der Waals surface area contributed by atoms with E-state index in [0.29, 0.717) is 38.5 Å². The minimum Gasteiger partial charge on any atom is -0.372 e. The van der Waals surface area contributed by atoms with Crippen molar-refractivity contribution >= 4 is 23.4 Å². The van der Waals surface area contributed by atoms with Gasteiger partial charge in [0.05, 0.1) is 6.42 Å². The summed E-state index contributed by atoms with van der Waals surface area (Å²) in [5.74, 6) is -0.0791. The molecule has 1 aromatic carbocycles. The number of amides is 2. The average molecular weight is 405 g/mol. The van der Waals surface area contributed by atoms with E-state index >= 15 is 0 Å². The molecule has 0 bridgehead atoms. The van der Waals surface area contributed by atoms with Crippen LogP contribution >= 0.6 is 0 Å². The topological polar surface area (TPSA) is 102 Å². The van der Waals surface area contributed by atoms with E-state index in [4.69, 9.17) is 4.74 Å². The Balaban J connectivity index is 2.16. The number of carbonyl (C=O) groups excluding carboxylic acids is 4. The molecule has 0 aliphatic carbocycles. The fourth-order valence-corrected chi connectivity index (χ4v) is 2.60. The van der Waals surface area contributed by atoms with Crippen LogP contribution in [0.2, 0.25) is 0 Å². The number of ketones is 2. The Morgan fingerprint density at radius 2 is 1.62 bits per heavy atom. The number of carbonyl (C=O) groups is 4. The molecule has 0 saturated carbocycles. The second-order valence-electron chi connectivity index (χ2n) is 7.54. The van der Waals surface area contributed by atoms with Crippen LogP contribution in [0.15, 0.2) is 24.3 Å². The first-order valence-electron chi connectivity index (χ1n) is 9.96. The van der Waals surface area contributed by atoms with Crippen molar-refractivity contribution in [1.29, 1.82) is 0 Å². The largest absolute Gasteiger partial charge is 0.372 e. The number of Topliss-reactive ketones (excluding diaryl/α,β-unsaturated/α-hetero) is 2. The molecule has 0 aliphatic rings. The van der Waals surface area contributed by atoms with Crippen molar-refractivity contribution in [2.75, 3.05) is 19.8 Å². The Hall–Kier alpha value is -2.54. The van der Waals surface area contributed by atoms with E-state index in [2.05, 4.69) is 10.6 Å². The molecule has 1 aromatic rings. The van der Waals surface area contributed by atoms with Crippen LogP contribution in [0.4, 0.5) is 0 Å². The van der Waals surface area contributed by atoms with Gasteiger partial charge in [-0.2, -0.15) is 0 Å². The molecule has 1 rings (SSSR count). The number of hydrogen-bond acceptors (Lipinski definition) is 5. The maximum atomic E-state index is 11.8. The van der Waals surface area contributed by atoms with Crippen LogP contribution < -0.4 is 10.6 Å². The molecular formula is C22H32N2O5. The zero-order valence-electron chi connectivity index (χ0n) is 17.6. The summed E-state index contributed by atoms with van der Waals surface area (Å²) in [6, 6.07) is 7.34. The fraction of sp³-hybridized carbons (Fsp3) is 0.545. The van der Waals surface area contributed by atoms with Crippen LogP contribution in [-0.4, -0.2) is 43.1 Å². The molecular weight excluding hydrogens is 372 g/mol. The summed E-state index contributed by atoms with van der Waals surface area (Å²) in [6.45, 7) is 6.67. The average Bonchev–Trinajstić information content (AvgIpc) is 2.62. The molecule has 7 heteroatoms. The Morgan fingerprint density at radius 3 is 2.24 bits per heavy atom. The second-order valence-corrected chi connectivity index (χ2v) is 7.54. The lowest BCUT2D eigenvalue weighted by atomic mass is 10.0. The Kier molecular flexibility index (Phi) is 11.5. The van der Waals surface area contributed by atoms with Gasteiger partial charge in [-0.1, -0.05) is 38.1 Å². The van der Waals surface area contributed by atoms with Gasteiger partial charge in [0.15, 0.2) is 0 Å². The zero-order valence-corrected chi connectivity index (χ0v) is 17.6. The van der Waals surface area contributed by atoms with Crippen molar-refractivity contribution < 1.29 is 23.9 Å². The zero-order chi connectivity index (χ0) is 21.6. The number of hydrogen-bond donors (Lipinski definition) is 2. The molecule has 0 unspecified atom stereocenters. The lowest BCUT2D eigenvalue weighted by molar-refractivity contribution is -0.126. The maximum absolute atomic E-state index is 11.8. The van der Waals surface area contributed by atoms with Crippen LogP contribution in [0.5, 0.6) is 0 Å². The van der Waals surface area contributed by atoms with E-state index in [0.717, 1.165) is 11.1 Å². The molecule has 0 aromatic heterocycles. The fourth-order valence-electron chi connectivity index (χ4n) is 2.60. The summed E-state index contributed by atoms with van der Waals surface area (Å²) in [7, 11) is 0. The third-order valence-electron chi connectivity index (χ3n) is 3.97. The first-order chi connectivity index (χ1) is 13.8. The van der Waals surface area contributed by atoms with E-state index in [9.17, 15) is 19.2 Å². The van der Waals surface area contributed by atoms with Crippen molar-refractivity contribution in [2.24, 2.45) is 5.92 Å². The van der Waals surface area contributed by atoms with Crippen LogP contribution in [0.1, 0.15) is 51.2 Å². The molecule has 29 heavy (non-hydrogen) atoms. The Bertz CT molecular complexity index is 683. The van der Waals surface area contributed by atoms with E-state index < -0.39 is 0 Å². The van der Waals surface area contributed by atoms with Crippen LogP contribution in [0.25, 0.3) is 0 Å². The minimum atomic E-state index is -0.213. The van der Waals surface area contributed by atoms with Gasteiger partial charge in [-0.3, -0.25) is 19.2 Å². The molecule has 2 N–H and O–H groups in total. The van der Waals surface area contributed by atoms with Gasteiger partial charge in [-0.05, 0) is 30.4 Å². The number of benzene rings is 1. The standard InChI is InChI=1S/C22H32N2O5/c1-16(2)11-21(27)23-9-4-10-29-15-22(28)24-14-19-7-5-18(6-8-19)13-20(26)12-17(3)25/h5-8,16H,4,9-15H2,1-3H3,(H,23,27)(H,24,28). The minimum absolute atomic E-state index is 0.0302. The lowest BCUT2D eigenvalue weighted by Gasteiger charge is -2.09.